The number of rotatable bonds is 17. The first-order chi connectivity index (χ1) is 20.4. The number of hydrogen-bond donors (Lipinski definition) is 1. The van der Waals surface area contributed by atoms with E-state index >= 15 is 0 Å². The minimum Gasteiger partial charge on any atom is -0.465 e. The van der Waals surface area contributed by atoms with Gasteiger partial charge in [-0.15, -0.1) is 0 Å². The number of aliphatic hydroxyl groups excluding tert-OH is 1. The summed E-state index contributed by atoms with van der Waals surface area (Å²) in [5.41, 5.74) is 0. The van der Waals surface area contributed by atoms with Crippen LogP contribution in [-0.2, 0) is 38.6 Å². The monoisotopic (exact) mass is 637 g/mol. The fourth-order valence-corrected chi connectivity index (χ4v) is 5.62. The molecule has 14 nitrogen and oxygen atoms in total. The largest absolute Gasteiger partial charge is 0.465 e. The van der Waals surface area contributed by atoms with Crippen LogP contribution in [0.2, 0.25) is 0 Å². The Labute approximate surface area is 258 Å². The summed E-state index contributed by atoms with van der Waals surface area (Å²) >= 11 is 0. The van der Waals surface area contributed by atoms with E-state index in [0.717, 1.165) is 12.7 Å². The first kappa shape index (κ1) is 39.1. The smallest absolute Gasteiger partial charge is 0.320 e. The highest BCUT2D eigenvalue weighted by atomic mass is 32.2. The number of carbonyl (C=O) groups is 3. The van der Waals surface area contributed by atoms with Crippen molar-refractivity contribution in [3.05, 3.63) is 0 Å². The fraction of sp³-hybridized carbons (Fsp3) is 0.893. The third kappa shape index (κ3) is 17.9. The highest BCUT2D eigenvalue weighted by Crippen LogP contribution is 2.07. The van der Waals surface area contributed by atoms with Gasteiger partial charge in [0, 0.05) is 72.0 Å². The quantitative estimate of drug-likeness (QED) is 0.159. The summed E-state index contributed by atoms with van der Waals surface area (Å²) in [6, 6.07) is 0. The van der Waals surface area contributed by atoms with Gasteiger partial charge in [0.25, 0.3) is 0 Å². The molecule has 0 aromatic rings. The summed E-state index contributed by atoms with van der Waals surface area (Å²) in [7, 11) is -3.48. The van der Waals surface area contributed by atoms with E-state index in [1.165, 1.54) is 4.31 Å². The van der Waals surface area contributed by atoms with E-state index < -0.39 is 16.1 Å². The zero-order valence-electron chi connectivity index (χ0n) is 26.9. The van der Waals surface area contributed by atoms with Gasteiger partial charge in [-0.05, 0) is 27.2 Å². The second-order valence-electron chi connectivity index (χ2n) is 10.7. The molecular formula is C28H55N5O9S. The Hall–Kier alpha value is -1.88. The molecule has 15 heteroatoms. The van der Waals surface area contributed by atoms with Gasteiger partial charge in [0.2, 0.25) is 10.0 Å². The van der Waals surface area contributed by atoms with E-state index in [-0.39, 0.29) is 70.5 Å². The van der Waals surface area contributed by atoms with Crippen LogP contribution in [0.15, 0.2) is 0 Å². The number of aliphatic hydroxyl groups is 1. The molecule has 0 radical (unpaired) electrons. The lowest BCUT2D eigenvalue weighted by molar-refractivity contribution is -0.146. The molecule has 1 atom stereocenters. The van der Waals surface area contributed by atoms with Crippen LogP contribution in [0.25, 0.3) is 0 Å². The molecule has 1 heterocycles. The van der Waals surface area contributed by atoms with Gasteiger partial charge in [-0.25, -0.2) is 8.42 Å². The van der Waals surface area contributed by atoms with Crippen LogP contribution in [0.4, 0.5) is 0 Å². The van der Waals surface area contributed by atoms with E-state index in [2.05, 4.69) is 0 Å². The van der Waals surface area contributed by atoms with Crippen LogP contribution >= 0.6 is 0 Å². The fourth-order valence-electron chi connectivity index (χ4n) is 4.72. The molecule has 1 saturated heterocycles. The molecule has 252 valence electrons. The number of hydrogen-bond acceptors (Lipinski definition) is 13. The molecule has 0 bridgehead atoms. The number of sulfonamides is 1. The second kappa shape index (κ2) is 21.8. The van der Waals surface area contributed by atoms with E-state index in [9.17, 15) is 27.9 Å². The predicted molar refractivity (Wildman–Crippen MR) is 163 cm³/mol. The van der Waals surface area contributed by atoms with Gasteiger partial charge in [0.15, 0.2) is 0 Å². The minimum atomic E-state index is -3.48. The van der Waals surface area contributed by atoms with Crippen LogP contribution in [0.5, 0.6) is 0 Å². The second-order valence-corrected chi connectivity index (χ2v) is 12.7. The number of nitrogens with zero attached hydrogens (tertiary/aromatic N) is 5. The van der Waals surface area contributed by atoms with Gasteiger partial charge >= 0.3 is 17.9 Å². The highest BCUT2D eigenvalue weighted by molar-refractivity contribution is 7.88. The number of unbranched alkanes of at least 4 members (excludes halogenated alkanes) is 1. The van der Waals surface area contributed by atoms with E-state index in [1.807, 2.05) is 26.5 Å². The topological polar surface area (TPSA) is 149 Å². The Bertz CT molecular complexity index is 888. The molecule has 0 aliphatic carbocycles. The molecule has 0 aromatic carbocycles. The first-order valence-corrected chi connectivity index (χ1v) is 17.3. The van der Waals surface area contributed by atoms with Crippen molar-refractivity contribution < 1.29 is 42.1 Å². The maximum absolute atomic E-state index is 12.4. The molecule has 1 aliphatic heterocycles. The average molecular weight is 638 g/mol. The summed E-state index contributed by atoms with van der Waals surface area (Å²) in [5, 5.41) is 11.0. The molecule has 0 spiro atoms. The Balaban J connectivity index is 3.15. The third-order valence-corrected chi connectivity index (χ3v) is 8.29. The zero-order chi connectivity index (χ0) is 32.3. The van der Waals surface area contributed by atoms with Crippen molar-refractivity contribution in [1.82, 2.24) is 23.9 Å². The van der Waals surface area contributed by atoms with Gasteiger partial charge in [0.05, 0.1) is 51.8 Å². The summed E-state index contributed by atoms with van der Waals surface area (Å²) in [4.78, 5) is 44.9. The van der Waals surface area contributed by atoms with Crippen LogP contribution in [0, 0.1) is 0 Å². The van der Waals surface area contributed by atoms with Crippen LogP contribution < -0.4 is 0 Å². The lowest BCUT2D eigenvalue weighted by Crippen LogP contribution is -2.50. The Morgan fingerprint density at radius 2 is 1.05 bits per heavy atom. The summed E-state index contributed by atoms with van der Waals surface area (Å²) in [6.45, 7) is 12.7. The summed E-state index contributed by atoms with van der Waals surface area (Å²) < 4.78 is 41.5. The lowest BCUT2D eigenvalue weighted by atomic mass is 10.2. The van der Waals surface area contributed by atoms with Crippen molar-refractivity contribution >= 4 is 27.9 Å². The Morgan fingerprint density at radius 1 is 0.698 bits per heavy atom. The molecular weight excluding hydrogens is 582 g/mol. The van der Waals surface area contributed by atoms with Crippen molar-refractivity contribution in [2.24, 2.45) is 0 Å². The molecule has 0 saturated carbocycles. The van der Waals surface area contributed by atoms with Gasteiger partial charge in [-0.3, -0.25) is 34.0 Å². The molecule has 1 N–H and O–H groups in total. The summed E-state index contributed by atoms with van der Waals surface area (Å²) in [6.07, 6.45) is 1.74. The van der Waals surface area contributed by atoms with Crippen LogP contribution in [-0.4, -0.2) is 179 Å². The van der Waals surface area contributed by atoms with Gasteiger partial charge in [-0.2, -0.15) is 4.31 Å². The molecule has 1 fully saturated rings. The Morgan fingerprint density at radius 3 is 1.35 bits per heavy atom. The van der Waals surface area contributed by atoms with Crippen LogP contribution in [0.1, 0.15) is 40.5 Å². The van der Waals surface area contributed by atoms with Crippen molar-refractivity contribution in [3.8, 4) is 0 Å². The van der Waals surface area contributed by atoms with Gasteiger partial charge < -0.3 is 19.3 Å². The maximum atomic E-state index is 12.4. The first-order valence-electron chi connectivity index (χ1n) is 15.4. The highest BCUT2D eigenvalue weighted by Gasteiger charge is 2.24. The zero-order valence-corrected chi connectivity index (χ0v) is 27.7. The third-order valence-electron chi connectivity index (χ3n) is 7.02. The molecule has 43 heavy (non-hydrogen) atoms. The predicted octanol–water partition coefficient (Wildman–Crippen LogP) is -0.680. The number of β-amino-alcohol motifs (C(OH)–C–C–N with tert-alkyl or cyclic N) is 1. The average Bonchev–Trinajstić information content (AvgIpc) is 2.92. The number of carbonyl (C=O) groups excluding carboxylic acids is 3. The van der Waals surface area contributed by atoms with E-state index in [4.69, 9.17) is 14.2 Å². The van der Waals surface area contributed by atoms with Crippen molar-refractivity contribution in [1.29, 1.82) is 0 Å². The SMILES string of the molecule is CCCCN(CC(O)CN1CCN(CC(=O)OCC)CCN(CC(=O)OCC)CCN(CC(=O)OCC)CC1)S(C)(=O)=O. The van der Waals surface area contributed by atoms with Gasteiger partial charge in [-0.1, -0.05) is 13.3 Å². The standard InChI is InChI=1S/C28H55N5O9S/c1-6-10-11-33(43(5,38)39)21-25(34)20-29-12-14-30(22-26(35)40-7-2)16-18-32(24-28(37)42-9-4)19-17-31(15-13-29)23-27(36)41-8-3/h25,34H,6-24H2,1-5H3. The van der Waals surface area contributed by atoms with E-state index in [1.54, 1.807) is 20.8 Å². The minimum absolute atomic E-state index is 0.0166. The van der Waals surface area contributed by atoms with Crippen molar-refractivity contribution in [3.63, 3.8) is 0 Å². The normalized spacial score (nSPS) is 18.0. The molecule has 1 aliphatic rings. The number of ether oxygens (including phenoxy) is 3. The molecule has 0 amide bonds. The van der Waals surface area contributed by atoms with Crippen molar-refractivity contribution in [2.75, 3.05) is 118 Å². The lowest BCUT2D eigenvalue weighted by Gasteiger charge is -2.34. The summed E-state index contributed by atoms with van der Waals surface area (Å²) in [5.74, 6) is -1.04. The number of esters is 3. The molecule has 1 rings (SSSR count). The van der Waals surface area contributed by atoms with E-state index in [0.29, 0.717) is 65.3 Å². The maximum Gasteiger partial charge on any atom is 0.320 e. The van der Waals surface area contributed by atoms with Gasteiger partial charge in [0.1, 0.15) is 0 Å². The van der Waals surface area contributed by atoms with Crippen molar-refractivity contribution in [2.45, 2.75) is 46.6 Å². The van der Waals surface area contributed by atoms with Crippen LogP contribution in [0.3, 0.4) is 0 Å². The molecule has 0 aromatic heterocycles. The Kier molecular flexibility index (Phi) is 19.8. The molecule has 1 unspecified atom stereocenters.